The molecule has 0 bridgehead atoms. The summed E-state index contributed by atoms with van der Waals surface area (Å²) in [4.78, 5) is 85.8. The molecule has 310 valence electrons. The molecule has 19 heteroatoms. The number of carboxylic acids is 1. The van der Waals surface area contributed by atoms with Crippen LogP contribution in [0.2, 0.25) is 0 Å². The summed E-state index contributed by atoms with van der Waals surface area (Å²) >= 11 is 0. The quantitative estimate of drug-likeness (QED) is 0.0548. The third-order valence-corrected chi connectivity index (χ3v) is 10.3. The van der Waals surface area contributed by atoms with E-state index in [9.17, 15) is 48.9 Å². The Morgan fingerprint density at radius 1 is 0.780 bits per heavy atom. The first-order valence-corrected chi connectivity index (χ1v) is 18.5. The number of aliphatic carboxylic acids is 1. The molecule has 18 nitrogen and oxygen atoms in total. The minimum Gasteiger partial charge on any atom is -0.543 e. The van der Waals surface area contributed by atoms with Crippen LogP contribution < -0.4 is 56.8 Å². The van der Waals surface area contributed by atoms with Gasteiger partial charge in [0.25, 0.3) is 0 Å². The van der Waals surface area contributed by atoms with Gasteiger partial charge in [0.05, 0.1) is 53.2 Å². The van der Waals surface area contributed by atoms with Crippen LogP contribution in [-0.2, 0) is 46.5 Å². The molecule has 2 aromatic carbocycles. The van der Waals surface area contributed by atoms with Gasteiger partial charge < -0.3 is 61.5 Å². The van der Waals surface area contributed by atoms with Gasteiger partial charge >= 0.3 is 53.6 Å². The van der Waals surface area contributed by atoms with Gasteiger partial charge in [-0.2, -0.15) is 0 Å². The van der Waals surface area contributed by atoms with E-state index >= 15 is 0 Å². The summed E-state index contributed by atoms with van der Waals surface area (Å²) in [6.07, 6.45) is -1.03. The number of esters is 2. The minimum absolute atomic E-state index is 0. The van der Waals surface area contributed by atoms with Gasteiger partial charge in [-0.15, -0.1) is 0 Å². The average molecular weight is 827 g/mol. The number of amides is 6. The van der Waals surface area contributed by atoms with Crippen molar-refractivity contribution >= 4 is 52.9 Å². The van der Waals surface area contributed by atoms with Crippen molar-refractivity contribution in [3.05, 3.63) is 82.2 Å². The SMILES string of the molecule is C[C@@H](O)[C@H]1C(=O)N2C(C(=O)OCOC(=O)C(C)(C)C)=C(c3cccc(CNC(N)=O)c3)C[C@H]12.C[C@@H](O)[C@H]1C(=O)N2C(C(=O)[O-])=C(c3cccc(CNC(N)=O)c3)C[C@H]12.[Na+]. The van der Waals surface area contributed by atoms with Crippen LogP contribution in [0.1, 0.15) is 69.7 Å². The number of nitrogens with zero attached hydrogens (tertiary/aromatic N) is 2. The van der Waals surface area contributed by atoms with Crippen molar-refractivity contribution in [3.8, 4) is 0 Å². The van der Waals surface area contributed by atoms with Crippen molar-refractivity contribution in [2.24, 2.45) is 28.7 Å². The summed E-state index contributed by atoms with van der Waals surface area (Å²) in [6, 6.07) is 12.0. The predicted molar refractivity (Wildman–Crippen MR) is 202 cm³/mol. The van der Waals surface area contributed by atoms with Gasteiger partial charge in [-0.3, -0.25) is 14.4 Å². The number of nitrogens with one attached hydrogen (secondary N) is 2. The van der Waals surface area contributed by atoms with E-state index in [4.69, 9.17) is 20.9 Å². The van der Waals surface area contributed by atoms with E-state index in [-0.39, 0.29) is 72.0 Å². The first-order valence-electron chi connectivity index (χ1n) is 18.5. The second-order valence-corrected chi connectivity index (χ2v) is 15.5. The van der Waals surface area contributed by atoms with Gasteiger partial charge in [-0.05, 0) is 93.0 Å². The molecular weight excluding hydrogens is 779 g/mol. The number of ether oxygens (including phenoxy) is 2. The average Bonchev–Trinajstić information content (AvgIpc) is 3.67. The summed E-state index contributed by atoms with van der Waals surface area (Å²) in [5.41, 5.74) is 13.2. The third kappa shape index (κ3) is 9.96. The summed E-state index contributed by atoms with van der Waals surface area (Å²) < 4.78 is 10.2. The number of aliphatic hydroxyl groups is 2. The first-order chi connectivity index (χ1) is 27.2. The standard InChI is InChI=1S/C23H29N3O7.C17H19N3O5.Na/c1-12(27)17-16-9-15(14-7-5-6-13(8-14)10-25-22(24)31)18(26(16)19(17)28)20(29)32-11-33-21(30)23(2,3)4;1-8(21)13-12-6-11(14(16(23)24)20(12)15(13)22)10-4-2-3-9(5-10)7-19-17(18)25;/h5-8,12,16-17,27H,9-11H2,1-4H3,(H3,24,25,31);2-5,8,12-13,21H,6-7H2,1H3,(H,23,24)(H3,18,19,25);/q;;+1/p-1/t12-,16-,17-;8-,12-,13-;/m11./s1. The fourth-order valence-electron chi connectivity index (χ4n) is 7.57. The summed E-state index contributed by atoms with van der Waals surface area (Å²) in [5, 5.41) is 36.4. The Bertz CT molecular complexity index is 2090. The van der Waals surface area contributed by atoms with Crippen molar-refractivity contribution in [2.75, 3.05) is 6.79 Å². The molecule has 0 radical (unpaired) electrons. The molecule has 4 heterocycles. The topological polar surface area (TPSA) is 284 Å². The number of carbonyl (C=O) groups excluding carboxylic acids is 7. The molecule has 8 N–H and O–H groups in total. The summed E-state index contributed by atoms with van der Waals surface area (Å²) in [6.45, 7) is 7.91. The molecule has 2 saturated heterocycles. The molecule has 6 amide bonds. The first kappa shape index (κ1) is 46.4. The van der Waals surface area contributed by atoms with E-state index in [2.05, 4.69) is 10.6 Å². The van der Waals surface area contributed by atoms with Crippen LogP contribution in [-0.4, -0.2) is 92.9 Å². The number of fused-ring (bicyclic) bond motifs is 2. The maximum atomic E-state index is 13.0. The van der Waals surface area contributed by atoms with E-state index < -0.39 is 72.1 Å². The van der Waals surface area contributed by atoms with E-state index in [1.165, 1.54) is 23.6 Å². The van der Waals surface area contributed by atoms with E-state index in [0.29, 0.717) is 35.1 Å². The monoisotopic (exact) mass is 826 g/mol. The molecule has 6 atom stereocenters. The van der Waals surface area contributed by atoms with Gasteiger partial charge in [0.2, 0.25) is 18.6 Å². The predicted octanol–water partition coefficient (Wildman–Crippen LogP) is -2.80. The van der Waals surface area contributed by atoms with Crippen LogP contribution in [0, 0.1) is 17.3 Å². The number of urea groups is 2. The van der Waals surface area contributed by atoms with Crippen molar-refractivity contribution in [3.63, 3.8) is 0 Å². The fourth-order valence-corrected chi connectivity index (χ4v) is 7.57. The molecule has 4 aliphatic heterocycles. The molecule has 0 unspecified atom stereocenters. The van der Waals surface area contributed by atoms with Crippen LogP contribution in [0.5, 0.6) is 0 Å². The molecule has 6 rings (SSSR count). The Kier molecular flexibility index (Phi) is 14.8. The Hall–Kier alpha value is -5.27. The number of hydrogen-bond acceptors (Lipinski definition) is 12. The molecular formula is C40H47N6NaO12. The smallest absolute Gasteiger partial charge is 0.543 e. The third-order valence-electron chi connectivity index (χ3n) is 10.3. The number of aliphatic hydroxyl groups excluding tert-OH is 2. The largest absolute Gasteiger partial charge is 1.00 e. The molecule has 2 fully saturated rings. The van der Waals surface area contributed by atoms with Crippen LogP contribution in [0.25, 0.3) is 11.1 Å². The molecule has 0 aliphatic carbocycles. The van der Waals surface area contributed by atoms with Crippen molar-refractivity contribution < 1.29 is 87.9 Å². The second kappa shape index (κ2) is 18.8. The number of rotatable bonds is 12. The summed E-state index contributed by atoms with van der Waals surface area (Å²) in [5.74, 6) is -4.74. The maximum absolute atomic E-state index is 13.0. The van der Waals surface area contributed by atoms with Crippen LogP contribution in [0.4, 0.5) is 9.59 Å². The number of benzene rings is 2. The van der Waals surface area contributed by atoms with Crippen LogP contribution in [0.3, 0.4) is 0 Å². The number of β-lactam (4-membered cyclic amide) rings is 2. The number of primary amides is 2. The van der Waals surface area contributed by atoms with Crippen molar-refractivity contribution in [2.45, 2.75) is 84.8 Å². The Morgan fingerprint density at radius 3 is 1.59 bits per heavy atom. The van der Waals surface area contributed by atoms with E-state index in [1.54, 1.807) is 69.3 Å². The van der Waals surface area contributed by atoms with Gasteiger partial charge in [-0.25, -0.2) is 14.4 Å². The van der Waals surface area contributed by atoms with Gasteiger partial charge in [-0.1, -0.05) is 36.4 Å². The van der Waals surface area contributed by atoms with Crippen LogP contribution in [0.15, 0.2) is 59.9 Å². The number of nitrogens with two attached hydrogens (primary N) is 2. The van der Waals surface area contributed by atoms with Crippen molar-refractivity contribution in [1.82, 2.24) is 20.4 Å². The normalized spacial score (nSPS) is 21.3. The number of carboxylic acid groups (broad SMARTS) is 1. The molecule has 0 aromatic heterocycles. The Labute approximate surface area is 362 Å². The van der Waals surface area contributed by atoms with Gasteiger partial charge in [0, 0.05) is 13.1 Å². The van der Waals surface area contributed by atoms with Gasteiger partial charge in [0.15, 0.2) is 0 Å². The molecule has 0 saturated carbocycles. The maximum Gasteiger partial charge on any atom is 1.00 e. The molecule has 59 heavy (non-hydrogen) atoms. The minimum atomic E-state index is -1.42. The molecule has 0 spiro atoms. The molecule has 4 aliphatic rings. The number of hydrogen-bond donors (Lipinski definition) is 6. The van der Waals surface area contributed by atoms with Gasteiger partial charge in [0.1, 0.15) is 5.70 Å². The number of carbonyl (C=O) groups is 7. The van der Waals surface area contributed by atoms with E-state index in [0.717, 1.165) is 11.1 Å². The Balaban J connectivity index is 0.000000265. The molecule has 2 aromatic rings. The fraction of sp³-hybridized carbons (Fsp3) is 0.425. The van der Waals surface area contributed by atoms with E-state index in [1.807, 2.05) is 0 Å². The second-order valence-electron chi connectivity index (χ2n) is 15.5. The zero-order chi connectivity index (χ0) is 42.8. The van der Waals surface area contributed by atoms with Crippen LogP contribution >= 0.6 is 0 Å². The zero-order valence-corrected chi connectivity index (χ0v) is 35.6. The zero-order valence-electron chi connectivity index (χ0n) is 33.6. The Morgan fingerprint density at radius 2 is 1.20 bits per heavy atom. The summed E-state index contributed by atoms with van der Waals surface area (Å²) in [7, 11) is 0. The van der Waals surface area contributed by atoms with Crippen molar-refractivity contribution in [1.29, 1.82) is 0 Å².